The average molecular weight is 308 g/mol. The van der Waals surface area contributed by atoms with Crippen molar-refractivity contribution in [3.63, 3.8) is 0 Å². The van der Waals surface area contributed by atoms with Crippen LogP contribution in [0.3, 0.4) is 0 Å². The van der Waals surface area contributed by atoms with E-state index in [9.17, 15) is 0 Å². The first-order chi connectivity index (χ1) is 10.8. The zero-order valence-corrected chi connectivity index (χ0v) is 13.9. The molecule has 3 aromatic rings. The Morgan fingerprint density at radius 2 is 1.50 bits per heavy atom. The summed E-state index contributed by atoms with van der Waals surface area (Å²) in [5, 5.41) is 2.87. The van der Waals surface area contributed by atoms with Crippen LogP contribution in [0.2, 0.25) is 0 Å². The number of nitrogens with zero attached hydrogens (tertiary/aromatic N) is 2. The summed E-state index contributed by atoms with van der Waals surface area (Å²) in [5.74, 6) is 1.16. The Labute approximate surface area is 133 Å². The van der Waals surface area contributed by atoms with Crippen molar-refractivity contribution in [1.82, 2.24) is 9.55 Å². The molecule has 22 heavy (non-hydrogen) atoms. The van der Waals surface area contributed by atoms with Gasteiger partial charge in [0.05, 0.1) is 0 Å². The Hall–Kier alpha value is -1.92. The third-order valence-corrected chi connectivity index (χ3v) is 6.68. The van der Waals surface area contributed by atoms with Gasteiger partial charge in [-0.05, 0) is 24.2 Å². The summed E-state index contributed by atoms with van der Waals surface area (Å²) in [5.41, 5.74) is 0.543. The second kappa shape index (κ2) is 6.89. The van der Waals surface area contributed by atoms with Gasteiger partial charge in [-0.15, -0.1) is 0 Å². The molecule has 3 heteroatoms. The van der Waals surface area contributed by atoms with Gasteiger partial charge >= 0.3 is 0 Å². The van der Waals surface area contributed by atoms with Crippen LogP contribution in [0.1, 0.15) is 12.7 Å². The van der Waals surface area contributed by atoms with Crippen molar-refractivity contribution >= 4 is 18.5 Å². The number of rotatable bonds is 5. The topological polar surface area (TPSA) is 17.8 Å². The maximum Gasteiger partial charge on any atom is 0.109 e. The molecular weight excluding hydrogens is 287 g/mol. The molecule has 0 aliphatic heterocycles. The number of imidazole rings is 1. The van der Waals surface area contributed by atoms with Gasteiger partial charge in [-0.2, -0.15) is 0 Å². The molecule has 0 unspecified atom stereocenters. The number of aryl methyl sites for hydroxylation is 1. The van der Waals surface area contributed by atoms with Crippen molar-refractivity contribution in [3.8, 4) is 0 Å². The fourth-order valence-corrected chi connectivity index (χ4v) is 5.43. The monoisotopic (exact) mass is 308 g/mol. The van der Waals surface area contributed by atoms with Crippen molar-refractivity contribution in [2.75, 3.05) is 0 Å². The smallest absolute Gasteiger partial charge is 0.109 e. The third kappa shape index (κ3) is 3.28. The minimum Gasteiger partial charge on any atom is -0.338 e. The Kier molecular flexibility index (Phi) is 4.70. The van der Waals surface area contributed by atoms with E-state index in [1.165, 1.54) is 10.6 Å². The van der Waals surface area contributed by atoms with Crippen LogP contribution < -0.4 is 10.6 Å². The van der Waals surface area contributed by atoms with Crippen LogP contribution in [0, 0.1) is 0 Å². The average Bonchev–Trinajstić information content (AvgIpc) is 2.95. The Bertz CT molecular complexity index is 667. The van der Waals surface area contributed by atoms with Gasteiger partial charge in [0.2, 0.25) is 0 Å². The molecule has 1 heterocycles. The summed E-state index contributed by atoms with van der Waals surface area (Å²) < 4.78 is 2.12. The largest absolute Gasteiger partial charge is 0.338 e. The molecule has 0 radical (unpaired) electrons. The first-order valence-corrected chi connectivity index (χ1v) is 9.02. The molecule has 1 atom stereocenters. The molecule has 0 amide bonds. The zero-order valence-electron chi connectivity index (χ0n) is 13.1. The van der Waals surface area contributed by atoms with Crippen LogP contribution in [0.15, 0.2) is 73.1 Å². The molecule has 112 valence electrons. The Balaban J connectivity index is 1.93. The van der Waals surface area contributed by atoms with Crippen molar-refractivity contribution in [3.05, 3.63) is 78.9 Å². The van der Waals surface area contributed by atoms with E-state index in [0.717, 1.165) is 12.2 Å². The lowest BCUT2D eigenvalue weighted by Gasteiger charge is -2.25. The molecule has 0 aliphatic rings. The third-order valence-electron chi connectivity index (χ3n) is 3.91. The predicted molar refractivity (Wildman–Crippen MR) is 95.4 cm³/mol. The Morgan fingerprint density at radius 3 is 1.95 bits per heavy atom. The van der Waals surface area contributed by atoms with E-state index in [2.05, 4.69) is 84.2 Å². The van der Waals surface area contributed by atoms with Gasteiger partial charge < -0.3 is 4.57 Å². The highest BCUT2D eigenvalue weighted by atomic mass is 31.1. The molecule has 0 spiro atoms. The Morgan fingerprint density at radius 1 is 0.955 bits per heavy atom. The number of hydrogen-bond donors (Lipinski definition) is 0. The van der Waals surface area contributed by atoms with Gasteiger partial charge in [0.25, 0.3) is 0 Å². The molecule has 1 aromatic heterocycles. The van der Waals surface area contributed by atoms with Crippen LogP contribution in [0.5, 0.6) is 0 Å². The first-order valence-electron chi connectivity index (χ1n) is 7.61. The van der Waals surface area contributed by atoms with Crippen LogP contribution in [-0.4, -0.2) is 15.2 Å². The summed E-state index contributed by atoms with van der Waals surface area (Å²) in [4.78, 5) is 4.50. The fraction of sp³-hybridized carbons (Fsp3) is 0.211. The summed E-state index contributed by atoms with van der Waals surface area (Å²) >= 11 is 0. The highest BCUT2D eigenvalue weighted by Crippen LogP contribution is 2.40. The normalized spacial score (nSPS) is 12.5. The lowest BCUT2D eigenvalue weighted by atomic mass is 10.3. The van der Waals surface area contributed by atoms with Crippen molar-refractivity contribution < 1.29 is 0 Å². The maximum absolute atomic E-state index is 4.50. The molecule has 0 N–H and O–H groups in total. The molecule has 0 saturated heterocycles. The minimum atomic E-state index is -0.383. The summed E-state index contributed by atoms with van der Waals surface area (Å²) in [6.45, 7) is 2.35. The zero-order chi connectivity index (χ0) is 15.4. The van der Waals surface area contributed by atoms with Crippen LogP contribution in [0.25, 0.3) is 0 Å². The van der Waals surface area contributed by atoms with Gasteiger partial charge in [0.1, 0.15) is 5.82 Å². The standard InChI is InChI=1S/C19H21N2P/c1-16(15-19-20-13-14-21(19)2)22(17-9-5-3-6-10-17)18-11-7-4-8-12-18/h3-14,16H,15H2,1-2H3/t16-/m1/s1. The van der Waals surface area contributed by atoms with Gasteiger partial charge in [-0.25, -0.2) is 4.98 Å². The van der Waals surface area contributed by atoms with Crippen molar-refractivity contribution in [1.29, 1.82) is 0 Å². The predicted octanol–water partition coefficient (Wildman–Crippen LogP) is 3.48. The van der Waals surface area contributed by atoms with Gasteiger partial charge in [-0.1, -0.05) is 67.6 Å². The van der Waals surface area contributed by atoms with Gasteiger partial charge in [0, 0.05) is 25.9 Å². The van der Waals surface area contributed by atoms with E-state index in [4.69, 9.17) is 0 Å². The molecule has 0 saturated carbocycles. The maximum atomic E-state index is 4.50. The molecule has 0 aliphatic carbocycles. The van der Waals surface area contributed by atoms with E-state index in [0.29, 0.717) is 5.66 Å². The van der Waals surface area contributed by atoms with Crippen LogP contribution >= 0.6 is 7.92 Å². The van der Waals surface area contributed by atoms with E-state index >= 15 is 0 Å². The highest BCUT2D eigenvalue weighted by molar-refractivity contribution is 7.73. The fourth-order valence-electron chi connectivity index (χ4n) is 2.78. The van der Waals surface area contributed by atoms with E-state index in [1.54, 1.807) is 0 Å². The molecule has 2 nitrogen and oxygen atoms in total. The van der Waals surface area contributed by atoms with E-state index in [-0.39, 0.29) is 7.92 Å². The summed E-state index contributed by atoms with van der Waals surface area (Å²) in [6.07, 6.45) is 4.91. The minimum absolute atomic E-state index is 0.383. The van der Waals surface area contributed by atoms with E-state index < -0.39 is 0 Å². The highest BCUT2D eigenvalue weighted by Gasteiger charge is 2.22. The lowest BCUT2D eigenvalue weighted by Crippen LogP contribution is -2.22. The first kappa shape index (κ1) is 15.0. The van der Waals surface area contributed by atoms with Crippen LogP contribution in [-0.2, 0) is 13.5 Å². The van der Waals surface area contributed by atoms with Crippen LogP contribution in [0.4, 0.5) is 0 Å². The van der Waals surface area contributed by atoms with Gasteiger partial charge in [0.15, 0.2) is 0 Å². The number of hydrogen-bond acceptors (Lipinski definition) is 1. The second-order valence-electron chi connectivity index (χ2n) is 5.55. The quantitative estimate of drug-likeness (QED) is 0.660. The number of aromatic nitrogens is 2. The van der Waals surface area contributed by atoms with E-state index in [1.807, 2.05) is 12.4 Å². The molecule has 3 rings (SSSR count). The molecular formula is C19H21N2P. The van der Waals surface area contributed by atoms with Crippen molar-refractivity contribution in [2.24, 2.45) is 7.05 Å². The molecule has 0 fully saturated rings. The van der Waals surface area contributed by atoms with Gasteiger partial charge in [-0.3, -0.25) is 0 Å². The SMILES string of the molecule is C[C@H](Cc1nccn1C)P(c1ccccc1)c1ccccc1. The number of benzene rings is 2. The molecule has 0 bridgehead atoms. The summed E-state index contributed by atoms with van der Waals surface area (Å²) in [6, 6.07) is 21.8. The van der Waals surface area contributed by atoms with Crippen molar-refractivity contribution in [2.45, 2.75) is 19.0 Å². The second-order valence-corrected chi connectivity index (χ2v) is 8.20. The summed E-state index contributed by atoms with van der Waals surface area (Å²) in [7, 11) is 1.69. The lowest BCUT2D eigenvalue weighted by molar-refractivity contribution is 0.765. The molecule has 2 aromatic carbocycles.